The number of carbonyl (C=O) groups is 6. The number of carbonyl (C=O) groups excluding carboxylic acids is 6. The van der Waals surface area contributed by atoms with Crippen LogP contribution in [0.15, 0.2) is 237 Å². The van der Waals surface area contributed by atoms with Crippen LogP contribution in [0.25, 0.3) is 131 Å². The van der Waals surface area contributed by atoms with Gasteiger partial charge in [-0.05, 0) is 144 Å². The molecule has 13 radical (unpaired) electrons. The largest absolute Gasteiger partial charge is 0.386 e. The van der Waals surface area contributed by atoms with Crippen LogP contribution in [0.5, 0.6) is 0 Å². The van der Waals surface area contributed by atoms with Crippen LogP contribution < -0.4 is 10.6 Å². The Labute approximate surface area is 799 Å². The van der Waals surface area contributed by atoms with E-state index in [-0.39, 0.29) is 74.5 Å². The maximum absolute atomic E-state index is 13.9. The number of rotatable bonds is 9. The standard InChI is InChI=1S/C36H31N3O4.2C29H27N3O3.C14H10O3.B4.B2.B/c1-36-34(42-3)26(37(2)35(41)20-11-5-4-6-12-20)19-28(43-36)38-24-15-9-7-13-21(24)31-30-23(17-18-27(30)40)29-22-14-8-10-16-25(22)39(36)33(29)32(31)38;2*1-29-28(34-3)18(30-2)14-22(35-29)31-19-10-6-4-8-15(19)25-24-17(12-13-21(24)33)23-16-9-5-7-11-20(16)32(29)27(23)26(25)31;15-13(11-7-3-1-4-8-11)17-14(16)12-9-5-2-6-10-12;1-4(2)3;1-2;/h4-16,26,28,34H,17-19H2,1-3H3;2*4-11,18,22,28,30H,12-14H2,1-3H3;1-10H;;;/t26-,28-,34-,36+;2*18-,22-,28-,29+;;;;/m111..../s1. The highest BCUT2D eigenvalue weighted by Gasteiger charge is 2.58. The number of hydrogen-bond acceptors (Lipinski definition) is 15. The molecule has 9 aliphatic rings. The molecule has 12 heterocycles. The number of ether oxygens (including phenoxy) is 7. The fraction of sp³-hybridized carbons (Fsp3) is 0.278. The van der Waals surface area contributed by atoms with Gasteiger partial charge in [0.2, 0.25) is 0 Å². The van der Waals surface area contributed by atoms with Crippen molar-refractivity contribution in [2.45, 2.75) is 151 Å². The normalized spacial score (nSPS) is 23.1. The Morgan fingerprint density at radius 3 is 0.934 bits per heavy atom. The smallest absolute Gasteiger partial charge is 0.346 e. The molecule has 1 amide bonds. The van der Waals surface area contributed by atoms with Gasteiger partial charge < -0.3 is 76.1 Å². The molecule has 0 saturated carbocycles. The Morgan fingerprint density at radius 1 is 0.372 bits per heavy atom. The maximum Gasteiger partial charge on any atom is 0.346 e. The number of aromatic nitrogens is 6. The van der Waals surface area contributed by atoms with Crippen molar-refractivity contribution in [2.24, 2.45) is 0 Å². The van der Waals surface area contributed by atoms with E-state index in [1.165, 1.54) is 32.7 Å². The first kappa shape index (κ1) is 90.7. The predicted octanol–water partition coefficient (Wildman–Crippen LogP) is 17.3. The van der Waals surface area contributed by atoms with E-state index in [1.807, 2.05) is 68.5 Å². The van der Waals surface area contributed by atoms with Crippen molar-refractivity contribution in [2.75, 3.05) is 42.5 Å². The molecule has 6 bridgehead atoms. The Morgan fingerprint density at radius 2 is 0.635 bits per heavy atom. The lowest BCUT2D eigenvalue weighted by atomic mass is 9.08. The zero-order valence-corrected chi connectivity index (χ0v) is 77.6. The van der Waals surface area contributed by atoms with E-state index < -0.39 is 47.8 Å². The maximum atomic E-state index is 13.9. The molecule has 12 atom stereocenters. The lowest BCUT2D eigenvalue weighted by molar-refractivity contribution is -0.264. The molecule has 6 aromatic heterocycles. The van der Waals surface area contributed by atoms with Crippen molar-refractivity contribution in [1.82, 2.24) is 42.9 Å². The lowest BCUT2D eigenvalue weighted by Crippen LogP contribution is -2.61. The van der Waals surface area contributed by atoms with E-state index in [0.29, 0.717) is 42.4 Å². The number of para-hydroxylation sites is 6. The quantitative estimate of drug-likeness (QED) is 0.0779. The molecule has 22 nitrogen and oxygen atoms in total. The van der Waals surface area contributed by atoms with Crippen LogP contribution in [-0.4, -0.2) is 200 Å². The van der Waals surface area contributed by atoms with Gasteiger partial charge in [0.1, 0.15) is 37.0 Å². The Balaban J connectivity index is 0.000000110. The number of benzene rings is 12. The second-order valence-corrected chi connectivity index (χ2v) is 37.1. The first-order valence-electron chi connectivity index (χ1n) is 46.5. The van der Waals surface area contributed by atoms with E-state index in [2.05, 4.69) is 231 Å². The summed E-state index contributed by atoms with van der Waals surface area (Å²) in [5.41, 5.74) is 18.3. The summed E-state index contributed by atoms with van der Waals surface area (Å²) in [5.74, 6) is -0.620. The number of amides is 1. The number of aryl methyl sites for hydroxylation is 3. The molecule has 29 heteroatoms. The van der Waals surface area contributed by atoms with Crippen LogP contribution in [0.3, 0.4) is 0 Å². The van der Waals surface area contributed by atoms with Crippen LogP contribution in [0.1, 0.15) is 157 Å². The summed E-state index contributed by atoms with van der Waals surface area (Å²) in [7, 11) is 33.2. The van der Waals surface area contributed by atoms with Crippen LogP contribution in [0, 0.1) is 0 Å². The summed E-state index contributed by atoms with van der Waals surface area (Å²) in [6, 6.07) is 77.0. The van der Waals surface area contributed by atoms with Crippen molar-refractivity contribution >= 4 is 220 Å². The van der Waals surface area contributed by atoms with E-state index in [4.69, 9.17) is 33.2 Å². The number of likely N-dealkylation sites (N-methyl/N-ethyl adjacent to an activating group) is 3. The van der Waals surface area contributed by atoms with E-state index in [9.17, 15) is 28.8 Å². The summed E-state index contributed by atoms with van der Waals surface area (Å²) < 4.78 is 59.1. The number of esters is 2. The minimum Gasteiger partial charge on any atom is -0.386 e. The van der Waals surface area contributed by atoms with Gasteiger partial charge in [-0.1, -0.05) is 164 Å². The molecule has 2 N–H and O–H groups in total. The van der Waals surface area contributed by atoms with Crippen LogP contribution in [-0.2, 0) is 69.6 Å². The second kappa shape index (κ2) is 34.7. The molecule has 3 aliphatic carbocycles. The third-order valence-corrected chi connectivity index (χ3v) is 30.1. The van der Waals surface area contributed by atoms with E-state index >= 15 is 0 Å². The fourth-order valence-electron chi connectivity index (χ4n) is 25.1. The molecule has 6 aliphatic heterocycles. The Bertz CT molecular complexity index is 7740. The molecular formula is C108H95B7N9O13. The lowest BCUT2D eigenvalue weighted by Gasteiger charge is -2.50. The van der Waals surface area contributed by atoms with Crippen molar-refractivity contribution in [3.8, 4) is 0 Å². The number of hydrogen-bond donors (Lipinski definition) is 2. The number of nitrogens with zero attached hydrogens (tertiary/aromatic N) is 7. The van der Waals surface area contributed by atoms with E-state index in [0.717, 1.165) is 164 Å². The molecule has 18 aromatic rings. The molecule has 27 rings (SSSR count). The molecule has 0 unspecified atom stereocenters. The van der Waals surface area contributed by atoms with E-state index in [1.54, 1.807) is 82.0 Å². The third kappa shape index (κ3) is 13.3. The molecule has 137 heavy (non-hydrogen) atoms. The highest BCUT2D eigenvalue weighted by Crippen LogP contribution is 2.60. The molecular weight excluding hydrogens is 1710 g/mol. The van der Waals surface area contributed by atoms with Gasteiger partial charge >= 0.3 is 11.9 Å². The molecule has 0 spiro atoms. The van der Waals surface area contributed by atoms with Crippen molar-refractivity contribution in [1.29, 1.82) is 0 Å². The van der Waals surface area contributed by atoms with Gasteiger partial charge in [0.05, 0.1) is 83.4 Å². The van der Waals surface area contributed by atoms with Crippen molar-refractivity contribution < 1.29 is 61.9 Å². The number of ketones is 3. The van der Waals surface area contributed by atoms with Gasteiger partial charge in [0, 0.05) is 219 Å². The number of Topliss-reactive ketones (excluding diaryl/α,β-unsaturated/α-hetero) is 3. The Kier molecular flexibility index (Phi) is 23.0. The summed E-state index contributed by atoms with van der Waals surface area (Å²) in [6.45, 7) is 6.44. The first-order chi connectivity index (χ1) is 66.1. The molecule has 671 valence electrons. The molecule has 3 fully saturated rings. The summed E-state index contributed by atoms with van der Waals surface area (Å²) in [5, 5.41) is 20.6. The van der Waals surface area contributed by atoms with Crippen LogP contribution in [0.4, 0.5) is 0 Å². The summed E-state index contributed by atoms with van der Waals surface area (Å²) in [6.07, 6.45) is 3.72. The van der Waals surface area contributed by atoms with Gasteiger partial charge in [-0.25, -0.2) is 9.59 Å². The topological polar surface area (TPSA) is 224 Å². The van der Waals surface area contributed by atoms with Gasteiger partial charge in [-0.3, -0.25) is 19.2 Å². The van der Waals surface area contributed by atoms with Crippen molar-refractivity contribution in [3.63, 3.8) is 0 Å². The molecule has 3 saturated heterocycles. The minimum atomic E-state index is -0.960. The summed E-state index contributed by atoms with van der Waals surface area (Å²) in [4.78, 5) is 79.4. The van der Waals surface area contributed by atoms with Crippen LogP contribution in [0.2, 0.25) is 0 Å². The third-order valence-electron chi connectivity index (χ3n) is 30.1. The van der Waals surface area contributed by atoms with Gasteiger partial charge in [0.15, 0.2) is 34.5 Å². The highest BCUT2D eigenvalue weighted by atomic mass is 16.6. The Hall–Kier alpha value is -12.8. The minimum absolute atomic E-state index is 0. The first-order valence-corrected chi connectivity index (χ1v) is 46.5. The average Bonchev–Trinajstić information content (AvgIpc) is 1.51. The zero-order valence-electron chi connectivity index (χ0n) is 77.6. The van der Waals surface area contributed by atoms with Gasteiger partial charge in [-0.2, -0.15) is 0 Å². The summed E-state index contributed by atoms with van der Waals surface area (Å²) >= 11 is 0. The van der Waals surface area contributed by atoms with Crippen molar-refractivity contribution in [3.05, 3.63) is 287 Å². The number of nitrogens with one attached hydrogen (secondary N) is 2. The number of methoxy groups -OCH3 is 3. The van der Waals surface area contributed by atoms with Gasteiger partial charge in [0.25, 0.3) is 5.91 Å². The van der Waals surface area contributed by atoms with Gasteiger partial charge in [-0.15, -0.1) is 0 Å². The average molecular weight is 1800 g/mol. The molecule has 12 aromatic carbocycles. The highest BCUT2D eigenvalue weighted by molar-refractivity contribution is 7.49. The second-order valence-electron chi connectivity index (χ2n) is 37.1. The number of fused-ring (bicyclic) bond motifs is 39. The monoisotopic (exact) mass is 1800 g/mol. The zero-order chi connectivity index (χ0) is 94.1. The SMILES string of the molecule is CN[C@@H]1C[C@H]2O[C@@](C)([C@@H]1OC)n1c3ccccc3c3c4c(c5c6ccccc6n2c5c31)C(=O)CC4.CN[C@@H]1C[C@H]2O[C@@](C)([C@@H]1OC)n1c3ccccc3c3c4c(c5c6ccccc6n2c5c31)C(=O)CC4.CO[C@@H]1[C@H](N(C)C(=O)c2ccccc2)C[C@H]2O[C@]1(C)n1c3ccccc3c3c4c(c5c6ccccc6n2c5c31)C(=O)CC4.O=C(OC(=O)c1ccccc1)c1ccccc1.[B].[B]B([B])[B].[B][B]. The predicted molar refractivity (Wildman–Crippen MR) is 544 cm³/mol. The van der Waals surface area contributed by atoms with Crippen LogP contribution >= 0.6 is 0 Å². The fourth-order valence-corrected chi connectivity index (χ4v) is 25.1.